The number of ketones is 1. The number of hydrogen-bond acceptors (Lipinski definition) is 1. The maximum Gasteiger partial charge on any atom is 0.193 e. The molecule has 3 aromatic rings. The number of aryl methyl sites for hydroxylation is 1. The molecular formula is C20H16O. The highest BCUT2D eigenvalue weighted by Gasteiger charge is 2.16. The standard InChI is InChI=1S/C20H16O/c1-15-9-8-14-18(16-10-4-2-5-11-16)19(15)20(21)17-12-6-3-7-13-17/h2-14H,1H3. The minimum absolute atomic E-state index is 0.0764. The van der Waals surface area contributed by atoms with Gasteiger partial charge in [0.15, 0.2) is 5.78 Å². The fourth-order valence-corrected chi connectivity index (χ4v) is 2.56. The summed E-state index contributed by atoms with van der Waals surface area (Å²) in [5.41, 5.74) is 4.58. The summed E-state index contributed by atoms with van der Waals surface area (Å²) in [5.74, 6) is 0.0764. The Hall–Kier alpha value is -2.67. The van der Waals surface area contributed by atoms with Crippen molar-refractivity contribution < 1.29 is 4.79 Å². The summed E-state index contributed by atoms with van der Waals surface area (Å²) in [6.07, 6.45) is 0. The Morgan fingerprint density at radius 1 is 0.714 bits per heavy atom. The molecule has 0 unspecified atom stereocenters. The first kappa shape index (κ1) is 13.3. The summed E-state index contributed by atoms with van der Waals surface area (Å²) in [6, 6.07) is 25.5. The molecule has 0 radical (unpaired) electrons. The van der Waals surface area contributed by atoms with Gasteiger partial charge in [-0.3, -0.25) is 4.79 Å². The molecule has 0 heterocycles. The largest absolute Gasteiger partial charge is 0.289 e. The van der Waals surface area contributed by atoms with Crippen LogP contribution >= 0.6 is 0 Å². The lowest BCUT2D eigenvalue weighted by atomic mass is 9.90. The number of carbonyl (C=O) groups is 1. The van der Waals surface area contributed by atoms with Crippen LogP contribution in [0.25, 0.3) is 11.1 Å². The van der Waals surface area contributed by atoms with Crippen LogP contribution in [-0.2, 0) is 0 Å². The molecular weight excluding hydrogens is 256 g/mol. The number of carbonyl (C=O) groups excluding carboxylic acids is 1. The summed E-state index contributed by atoms with van der Waals surface area (Å²) < 4.78 is 0. The van der Waals surface area contributed by atoms with Gasteiger partial charge in [-0.2, -0.15) is 0 Å². The molecule has 3 aromatic carbocycles. The first-order valence-corrected chi connectivity index (χ1v) is 7.02. The molecule has 102 valence electrons. The number of benzene rings is 3. The van der Waals surface area contributed by atoms with Crippen molar-refractivity contribution >= 4 is 5.78 Å². The van der Waals surface area contributed by atoms with E-state index in [1.54, 1.807) is 0 Å². The molecule has 0 bridgehead atoms. The number of rotatable bonds is 3. The molecule has 0 aromatic heterocycles. The molecule has 0 aliphatic carbocycles. The van der Waals surface area contributed by atoms with Gasteiger partial charge < -0.3 is 0 Å². The van der Waals surface area contributed by atoms with E-state index in [1.807, 2.05) is 85.8 Å². The molecule has 0 aliphatic heterocycles. The third-order valence-corrected chi connectivity index (χ3v) is 3.62. The van der Waals surface area contributed by atoms with Gasteiger partial charge in [0.25, 0.3) is 0 Å². The zero-order valence-electron chi connectivity index (χ0n) is 11.9. The lowest BCUT2D eigenvalue weighted by molar-refractivity contribution is 0.103. The Kier molecular flexibility index (Phi) is 3.65. The summed E-state index contributed by atoms with van der Waals surface area (Å²) in [5, 5.41) is 0. The summed E-state index contributed by atoms with van der Waals surface area (Å²) in [6.45, 7) is 1.99. The average molecular weight is 272 g/mol. The topological polar surface area (TPSA) is 17.1 Å². The Bertz CT molecular complexity index is 758. The van der Waals surface area contributed by atoms with Crippen LogP contribution in [0.15, 0.2) is 78.9 Å². The van der Waals surface area contributed by atoms with Crippen LogP contribution in [0, 0.1) is 6.92 Å². The van der Waals surface area contributed by atoms with Gasteiger partial charge in [0.1, 0.15) is 0 Å². The first-order chi connectivity index (χ1) is 10.3. The second-order valence-corrected chi connectivity index (χ2v) is 5.06. The minimum Gasteiger partial charge on any atom is -0.289 e. The van der Waals surface area contributed by atoms with Gasteiger partial charge in [-0.15, -0.1) is 0 Å². The molecule has 21 heavy (non-hydrogen) atoms. The molecule has 0 saturated carbocycles. The Balaban J connectivity index is 2.17. The quantitative estimate of drug-likeness (QED) is 0.620. The predicted octanol–water partition coefficient (Wildman–Crippen LogP) is 4.89. The highest BCUT2D eigenvalue weighted by Crippen LogP contribution is 2.28. The van der Waals surface area contributed by atoms with E-state index in [4.69, 9.17) is 0 Å². The van der Waals surface area contributed by atoms with Gasteiger partial charge in [0.05, 0.1) is 0 Å². The van der Waals surface area contributed by atoms with Gasteiger partial charge in [0.2, 0.25) is 0 Å². The fraction of sp³-hybridized carbons (Fsp3) is 0.0500. The van der Waals surface area contributed by atoms with Crippen molar-refractivity contribution in [2.75, 3.05) is 0 Å². The van der Waals surface area contributed by atoms with Crippen molar-refractivity contribution in [1.82, 2.24) is 0 Å². The zero-order chi connectivity index (χ0) is 14.7. The van der Waals surface area contributed by atoms with E-state index in [1.165, 1.54) is 0 Å². The highest BCUT2D eigenvalue weighted by atomic mass is 16.1. The molecule has 0 saturated heterocycles. The van der Waals surface area contributed by atoms with Crippen molar-refractivity contribution in [3.05, 3.63) is 95.6 Å². The summed E-state index contributed by atoms with van der Waals surface area (Å²) in [4.78, 5) is 12.9. The second-order valence-electron chi connectivity index (χ2n) is 5.06. The van der Waals surface area contributed by atoms with Crippen molar-refractivity contribution in [2.24, 2.45) is 0 Å². The maximum atomic E-state index is 12.9. The van der Waals surface area contributed by atoms with Crippen molar-refractivity contribution in [1.29, 1.82) is 0 Å². The first-order valence-electron chi connectivity index (χ1n) is 7.02. The van der Waals surface area contributed by atoms with Crippen LogP contribution in [0.5, 0.6) is 0 Å². The second kappa shape index (κ2) is 5.76. The van der Waals surface area contributed by atoms with E-state index in [-0.39, 0.29) is 5.78 Å². The Morgan fingerprint density at radius 2 is 1.33 bits per heavy atom. The lowest BCUT2D eigenvalue weighted by Gasteiger charge is -2.12. The highest BCUT2D eigenvalue weighted by molar-refractivity contribution is 6.13. The zero-order valence-corrected chi connectivity index (χ0v) is 11.9. The molecule has 0 aliphatic rings. The average Bonchev–Trinajstić information content (AvgIpc) is 2.55. The summed E-state index contributed by atoms with van der Waals surface area (Å²) >= 11 is 0. The Labute approximate surface area is 124 Å². The maximum absolute atomic E-state index is 12.9. The SMILES string of the molecule is Cc1cccc(-c2ccccc2)c1C(=O)c1ccccc1. The molecule has 3 rings (SSSR count). The van der Waals surface area contributed by atoms with Gasteiger partial charge in [-0.05, 0) is 23.6 Å². The Morgan fingerprint density at radius 3 is 2.00 bits per heavy atom. The minimum atomic E-state index is 0.0764. The van der Waals surface area contributed by atoms with Crippen LogP contribution in [-0.4, -0.2) is 5.78 Å². The summed E-state index contributed by atoms with van der Waals surface area (Å²) in [7, 11) is 0. The van der Waals surface area contributed by atoms with E-state index < -0.39 is 0 Å². The molecule has 1 nitrogen and oxygen atoms in total. The van der Waals surface area contributed by atoms with Crippen LogP contribution in [0.3, 0.4) is 0 Å². The molecule has 0 amide bonds. The van der Waals surface area contributed by atoms with E-state index in [0.29, 0.717) is 0 Å². The van der Waals surface area contributed by atoms with Crippen molar-refractivity contribution in [3.63, 3.8) is 0 Å². The third-order valence-electron chi connectivity index (χ3n) is 3.62. The normalized spacial score (nSPS) is 10.3. The molecule has 0 spiro atoms. The van der Waals surface area contributed by atoms with E-state index in [0.717, 1.165) is 27.8 Å². The monoisotopic (exact) mass is 272 g/mol. The lowest BCUT2D eigenvalue weighted by Crippen LogP contribution is -2.05. The van der Waals surface area contributed by atoms with Gasteiger partial charge in [0, 0.05) is 11.1 Å². The van der Waals surface area contributed by atoms with Crippen LogP contribution in [0.1, 0.15) is 21.5 Å². The van der Waals surface area contributed by atoms with E-state index >= 15 is 0 Å². The van der Waals surface area contributed by atoms with Crippen LogP contribution in [0.4, 0.5) is 0 Å². The fourth-order valence-electron chi connectivity index (χ4n) is 2.56. The predicted molar refractivity (Wildman–Crippen MR) is 86.5 cm³/mol. The van der Waals surface area contributed by atoms with Gasteiger partial charge in [-0.25, -0.2) is 0 Å². The van der Waals surface area contributed by atoms with Crippen LogP contribution in [0.2, 0.25) is 0 Å². The van der Waals surface area contributed by atoms with E-state index in [2.05, 4.69) is 0 Å². The molecule has 0 N–H and O–H groups in total. The molecule has 0 atom stereocenters. The van der Waals surface area contributed by atoms with Crippen molar-refractivity contribution in [2.45, 2.75) is 6.92 Å². The van der Waals surface area contributed by atoms with Gasteiger partial charge in [-0.1, -0.05) is 78.9 Å². The number of hydrogen-bond donors (Lipinski definition) is 0. The van der Waals surface area contributed by atoms with Gasteiger partial charge >= 0.3 is 0 Å². The third kappa shape index (κ3) is 2.63. The van der Waals surface area contributed by atoms with Crippen molar-refractivity contribution in [3.8, 4) is 11.1 Å². The van der Waals surface area contributed by atoms with Crippen LogP contribution < -0.4 is 0 Å². The smallest absolute Gasteiger partial charge is 0.193 e. The molecule has 1 heteroatoms. The molecule has 0 fully saturated rings. The van der Waals surface area contributed by atoms with E-state index in [9.17, 15) is 4.79 Å².